The van der Waals surface area contributed by atoms with E-state index in [1.54, 1.807) is 0 Å². The van der Waals surface area contributed by atoms with Crippen LogP contribution in [-0.2, 0) is 46.5 Å². The second-order valence-corrected chi connectivity index (χ2v) is 4.28. The van der Waals surface area contributed by atoms with E-state index in [1.807, 2.05) is 0 Å². The minimum Gasteiger partial charge on any atom is -0.415 e. The van der Waals surface area contributed by atoms with Crippen molar-refractivity contribution >= 4 is 58.3 Å². The van der Waals surface area contributed by atoms with Gasteiger partial charge in [0.05, 0.1) is 13.2 Å². The first-order valence-corrected chi connectivity index (χ1v) is 5.31. The van der Waals surface area contributed by atoms with Crippen LogP contribution < -0.4 is 16.8 Å². The molecule has 1 heterocycles. The summed E-state index contributed by atoms with van der Waals surface area (Å²) in [5.74, 6) is 0. The molecule has 1 fully saturated rings. The molecule has 0 amide bonds. The molecular weight excluding hydrogens is 317 g/mol. The molecule has 0 aromatic heterocycles. The van der Waals surface area contributed by atoms with Crippen LogP contribution in [0.4, 0.5) is 0 Å². The number of hydrogen-bond acceptors (Lipinski definition) is 6. The summed E-state index contributed by atoms with van der Waals surface area (Å²) in [4.78, 5) is 0. The quantitative estimate of drug-likeness (QED) is 0.302. The predicted octanol–water partition coefficient (Wildman–Crippen LogP) is -0.842. The largest absolute Gasteiger partial charge is 2.00 e. The van der Waals surface area contributed by atoms with E-state index in [0.29, 0.717) is 0 Å². The standard InChI is InChI=1S/C4H9NO.2CH3NS2.Ni/c1-3-6-4-2-5-1;2*2-1(3)4;/h5H,1-4H2;2*(H3,2,3,4);/q;;;+2/p-2. The molecule has 15 heavy (non-hydrogen) atoms. The molecule has 0 spiro atoms. The van der Waals surface area contributed by atoms with Crippen molar-refractivity contribution < 1.29 is 21.2 Å². The Morgan fingerprint density at radius 1 is 1.07 bits per heavy atom. The van der Waals surface area contributed by atoms with E-state index in [9.17, 15) is 0 Å². The first-order valence-electron chi connectivity index (χ1n) is 3.68. The Balaban J connectivity index is -0.000000145. The third kappa shape index (κ3) is 53.1. The fourth-order valence-electron chi connectivity index (χ4n) is 0.516. The van der Waals surface area contributed by atoms with Crippen molar-refractivity contribution in [2.45, 2.75) is 0 Å². The Labute approximate surface area is 122 Å². The fraction of sp³-hybridized carbons (Fsp3) is 0.667. The third-order valence-electron chi connectivity index (χ3n) is 0.846. The summed E-state index contributed by atoms with van der Waals surface area (Å²) >= 11 is 16.5. The van der Waals surface area contributed by atoms with E-state index >= 15 is 0 Å². The Morgan fingerprint density at radius 3 is 1.40 bits per heavy atom. The number of nitrogens with one attached hydrogen (secondary N) is 1. The predicted molar refractivity (Wildman–Crippen MR) is 72.0 cm³/mol. The van der Waals surface area contributed by atoms with Crippen LogP contribution in [0.2, 0.25) is 0 Å². The Hall–Kier alpha value is 0.634. The topological polar surface area (TPSA) is 73.3 Å². The number of ether oxygens (including phenoxy) is 1. The molecule has 0 aromatic carbocycles. The summed E-state index contributed by atoms with van der Waals surface area (Å²) in [6, 6.07) is 0. The number of rotatable bonds is 0. The number of nitrogens with two attached hydrogens (primary N) is 2. The smallest absolute Gasteiger partial charge is 0.415 e. The normalized spacial score (nSPS) is 12.8. The second-order valence-electron chi connectivity index (χ2n) is 2.00. The summed E-state index contributed by atoms with van der Waals surface area (Å²) in [6.45, 7) is 3.83. The van der Waals surface area contributed by atoms with Crippen LogP contribution >= 0.6 is 24.4 Å². The molecule has 0 unspecified atom stereocenters. The van der Waals surface area contributed by atoms with E-state index in [4.69, 9.17) is 4.74 Å². The van der Waals surface area contributed by atoms with E-state index < -0.39 is 0 Å². The van der Waals surface area contributed by atoms with E-state index in [-0.39, 0.29) is 25.1 Å². The molecule has 0 atom stereocenters. The summed E-state index contributed by atoms with van der Waals surface area (Å²) in [7, 11) is 0. The van der Waals surface area contributed by atoms with Gasteiger partial charge in [0.1, 0.15) is 0 Å². The Bertz CT molecular complexity index is 137. The summed E-state index contributed by atoms with van der Waals surface area (Å²) in [6.07, 6.45) is 0. The van der Waals surface area contributed by atoms with Crippen LogP contribution in [-0.4, -0.2) is 34.9 Å². The molecule has 92 valence electrons. The van der Waals surface area contributed by atoms with Gasteiger partial charge in [-0.15, -0.1) is 0 Å². The molecule has 1 saturated heterocycles. The zero-order chi connectivity index (χ0) is 11.4. The van der Waals surface area contributed by atoms with Crippen molar-refractivity contribution in [2.75, 3.05) is 26.3 Å². The maximum Gasteiger partial charge on any atom is 2.00 e. The molecule has 9 heteroatoms. The molecule has 4 nitrogen and oxygen atoms in total. The van der Waals surface area contributed by atoms with Crippen molar-refractivity contribution in [1.29, 1.82) is 0 Å². The fourth-order valence-corrected chi connectivity index (χ4v) is 0.516. The minimum absolute atomic E-state index is 0. The van der Waals surface area contributed by atoms with Crippen LogP contribution in [0.1, 0.15) is 0 Å². The first-order chi connectivity index (χ1) is 6.46. The average molecular weight is 330 g/mol. The van der Waals surface area contributed by atoms with Gasteiger partial charge in [-0.25, -0.2) is 0 Å². The Kier molecular flexibility index (Phi) is 23.8. The molecular formula is C6H13N3NiOS4. The summed E-state index contributed by atoms with van der Waals surface area (Å²) in [5, 5.41) is 3.16. The molecule has 1 aliphatic heterocycles. The van der Waals surface area contributed by atoms with Crippen molar-refractivity contribution in [3.8, 4) is 0 Å². The molecule has 0 saturated carbocycles. The second kappa shape index (κ2) is 17.0. The van der Waals surface area contributed by atoms with Crippen molar-refractivity contribution in [3.05, 3.63) is 0 Å². The van der Waals surface area contributed by atoms with Gasteiger partial charge in [0.2, 0.25) is 0 Å². The zero-order valence-corrected chi connectivity index (χ0v) is 12.1. The van der Waals surface area contributed by atoms with Gasteiger partial charge in [0.25, 0.3) is 0 Å². The van der Waals surface area contributed by atoms with Gasteiger partial charge in [0, 0.05) is 13.1 Å². The summed E-state index contributed by atoms with van der Waals surface area (Å²) < 4.78 is 5.17. The van der Waals surface area contributed by atoms with Gasteiger partial charge in [-0.1, -0.05) is 8.64 Å². The Morgan fingerprint density at radius 2 is 1.33 bits per heavy atom. The van der Waals surface area contributed by atoms with Gasteiger partial charge in [-0.2, -0.15) is 0 Å². The van der Waals surface area contributed by atoms with Crippen LogP contribution in [0.3, 0.4) is 0 Å². The molecule has 1 aliphatic rings. The SMILES string of the molecule is C1COCCN1.NC(=S)[S-].NC(=S)[S-].[Ni+2]. The molecule has 1 rings (SSSR count). The maximum atomic E-state index is 5.01. The third-order valence-corrected chi connectivity index (χ3v) is 0.846. The maximum absolute atomic E-state index is 5.01. The van der Waals surface area contributed by atoms with Crippen LogP contribution in [0, 0.1) is 0 Å². The van der Waals surface area contributed by atoms with Gasteiger partial charge < -0.3 is 71.2 Å². The number of thiocarbonyl (C=S) groups is 2. The van der Waals surface area contributed by atoms with Crippen LogP contribution in [0.15, 0.2) is 0 Å². The van der Waals surface area contributed by atoms with Crippen molar-refractivity contribution in [1.82, 2.24) is 5.32 Å². The molecule has 0 aromatic rings. The summed E-state index contributed by atoms with van der Waals surface area (Å²) in [5.41, 5.74) is 9.31. The van der Waals surface area contributed by atoms with Crippen LogP contribution in [0.5, 0.6) is 0 Å². The van der Waals surface area contributed by atoms with Gasteiger partial charge in [-0.05, 0) is 0 Å². The van der Waals surface area contributed by atoms with Gasteiger partial charge in [-0.3, -0.25) is 0 Å². The van der Waals surface area contributed by atoms with Gasteiger partial charge in [0.15, 0.2) is 0 Å². The molecule has 0 bridgehead atoms. The van der Waals surface area contributed by atoms with E-state index in [0.717, 1.165) is 26.3 Å². The van der Waals surface area contributed by atoms with E-state index in [1.165, 1.54) is 0 Å². The first kappa shape index (κ1) is 21.0. The number of hydrogen-bond donors (Lipinski definition) is 3. The minimum atomic E-state index is 0. The molecule has 0 aliphatic carbocycles. The zero-order valence-electron chi connectivity index (χ0n) is 7.84. The average Bonchev–Trinajstić information content (AvgIpc) is 2.05. The van der Waals surface area contributed by atoms with E-state index in [2.05, 4.69) is 66.5 Å². The molecule has 0 radical (unpaired) electrons. The van der Waals surface area contributed by atoms with Crippen molar-refractivity contribution in [3.63, 3.8) is 0 Å². The molecule has 5 N–H and O–H groups in total. The monoisotopic (exact) mass is 329 g/mol. The number of morpholine rings is 1. The van der Waals surface area contributed by atoms with Gasteiger partial charge >= 0.3 is 16.5 Å². The van der Waals surface area contributed by atoms with Crippen molar-refractivity contribution in [2.24, 2.45) is 11.5 Å². The van der Waals surface area contributed by atoms with Crippen LogP contribution in [0.25, 0.3) is 0 Å².